The van der Waals surface area contributed by atoms with Crippen LogP contribution in [-0.4, -0.2) is 35.8 Å². The van der Waals surface area contributed by atoms with Crippen molar-refractivity contribution in [3.8, 4) is 0 Å². The fourth-order valence-corrected chi connectivity index (χ4v) is 1.45. The second kappa shape index (κ2) is 5.86. The highest BCUT2D eigenvalue weighted by atomic mass is 35.5. The Balaban J connectivity index is 2.49. The third-order valence-electron chi connectivity index (χ3n) is 1.72. The van der Waals surface area contributed by atoms with Gasteiger partial charge in [0.1, 0.15) is 6.10 Å². The lowest BCUT2D eigenvalue weighted by atomic mass is 10.2. The summed E-state index contributed by atoms with van der Waals surface area (Å²) in [5, 5.41) is 0. The van der Waals surface area contributed by atoms with Crippen LogP contribution in [0.3, 0.4) is 0 Å². The van der Waals surface area contributed by atoms with Crippen molar-refractivity contribution in [3.63, 3.8) is 0 Å². The van der Waals surface area contributed by atoms with Crippen molar-refractivity contribution in [2.75, 3.05) is 11.8 Å². The zero-order valence-corrected chi connectivity index (χ0v) is 9.59. The molecule has 0 saturated carbocycles. The maximum absolute atomic E-state index is 11.3. The molecule has 0 bridgehead atoms. The van der Waals surface area contributed by atoms with Crippen molar-refractivity contribution < 1.29 is 23.9 Å². The van der Waals surface area contributed by atoms with Crippen molar-refractivity contribution in [2.45, 2.75) is 12.5 Å². The number of carbonyl (C=O) groups excluding carboxylic acids is 3. The van der Waals surface area contributed by atoms with Crippen molar-refractivity contribution in [1.82, 2.24) is 0 Å². The molecule has 7 heteroatoms. The average Bonchev–Trinajstić information content (AvgIpc) is 2.54. The highest BCUT2D eigenvalue weighted by Gasteiger charge is 2.26. The van der Waals surface area contributed by atoms with Gasteiger partial charge in [0.2, 0.25) is 0 Å². The third kappa shape index (κ3) is 3.50. The van der Waals surface area contributed by atoms with Crippen LogP contribution in [0.5, 0.6) is 0 Å². The van der Waals surface area contributed by atoms with E-state index >= 15 is 0 Å². The summed E-state index contributed by atoms with van der Waals surface area (Å²) in [6.07, 6.45) is 0.0269. The molecule has 5 nitrogen and oxygen atoms in total. The Morgan fingerprint density at radius 2 is 2.00 bits per heavy atom. The summed E-state index contributed by atoms with van der Waals surface area (Å²) in [6, 6.07) is 0. The van der Waals surface area contributed by atoms with E-state index in [1.54, 1.807) is 0 Å². The largest absolute Gasteiger partial charge is 0.460 e. The molecule has 1 heterocycles. The Bertz CT molecular complexity index is 346. The van der Waals surface area contributed by atoms with Crippen LogP contribution in [0.1, 0.15) is 6.42 Å². The fourth-order valence-electron chi connectivity index (χ4n) is 0.998. The van der Waals surface area contributed by atoms with Crippen LogP contribution in [0.2, 0.25) is 0 Å². The SMILES string of the molecule is O=C1C=C(CC(=O)OC(CCl)CCl)C(=O)O1. The Labute approximate surface area is 101 Å². The van der Waals surface area contributed by atoms with E-state index in [-0.39, 0.29) is 23.8 Å². The predicted octanol–water partition coefficient (Wildman–Crippen LogP) is 0.776. The molecule has 0 unspecified atom stereocenters. The number of rotatable bonds is 5. The second-order valence-corrected chi connectivity index (χ2v) is 3.59. The minimum Gasteiger partial charge on any atom is -0.460 e. The summed E-state index contributed by atoms with van der Waals surface area (Å²) in [4.78, 5) is 32.9. The zero-order valence-electron chi connectivity index (χ0n) is 8.07. The Hall–Kier alpha value is -1.07. The molecule has 0 atom stereocenters. The van der Waals surface area contributed by atoms with Gasteiger partial charge in [-0.15, -0.1) is 23.2 Å². The third-order valence-corrected chi connectivity index (χ3v) is 2.41. The highest BCUT2D eigenvalue weighted by molar-refractivity contribution is 6.21. The van der Waals surface area contributed by atoms with Gasteiger partial charge in [-0.25, -0.2) is 9.59 Å². The van der Waals surface area contributed by atoms with E-state index in [4.69, 9.17) is 27.9 Å². The van der Waals surface area contributed by atoms with Crippen molar-refractivity contribution in [2.24, 2.45) is 0 Å². The van der Waals surface area contributed by atoms with E-state index in [1.165, 1.54) is 0 Å². The molecule has 16 heavy (non-hydrogen) atoms. The van der Waals surface area contributed by atoms with Crippen LogP contribution in [0, 0.1) is 0 Å². The van der Waals surface area contributed by atoms with Gasteiger partial charge < -0.3 is 9.47 Å². The molecule has 0 radical (unpaired) electrons. The van der Waals surface area contributed by atoms with E-state index < -0.39 is 24.0 Å². The molecule has 0 aliphatic carbocycles. The minimum absolute atomic E-state index is 0.0297. The van der Waals surface area contributed by atoms with Crippen LogP contribution in [-0.2, 0) is 23.9 Å². The molecule has 88 valence electrons. The van der Waals surface area contributed by atoms with Gasteiger partial charge in [-0.2, -0.15) is 0 Å². The van der Waals surface area contributed by atoms with Gasteiger partial charge in [-0.05, 0) is 0 Å². The average molecular weight is 267 g/mol. The van der Waals surface area contributed by atoms with Crippen molar-refractivity contribution in [3.05, 3.63) is 11.6 Å². The summed E-state index contributed by atoms with van der Waals surface area (Å²) in [6.45, 7) is 0. The van der Waals surface area contributed by atoms with Gasteiger partial charge in [0.05, 0.1) is 23.8 Å². The standard InChI is InChI=1S/C9H8Cl2O5/c10-3-6(4-11)15-7(12)1-5-2-8(13)16-9(5)14/h2,6H,1,3-4H2. The number of carbonyl (C=O) groups is 3. The molecular formula is C9H8Cl2O5. The molecule has 0 N–H and O–H groups in total. The van der Waals surface area contributed by atoms with Crippen LogP contribution in [0.15, 0.2) is 11.6 Å². The first-order valence-electron chi connectivity index (χ1n) is 4.35. The summed E-state index contributed by atoms with van der Waals surface area (Å²) >= 11 is 10.9. The topological polar surface area (TPSA) is 69.7 Å². The number of hydrogen-bond donors (Lipinski definition) is 0. The molecule has 0 amide bonds. The lowest BCUT2D eigenvalue weighted by molar-refractivity contribution is -0.153. The normalized spacial score (nSPS) is 15.1. The monoisotopic (exact) mass is 266 g/mol. The summed E-state index contributed by atoms with van der Waals surface area (Å²) in [5.41, 5.74) is -0.0297. The van der Waals surface area contributed by atoms with E-state index in [9.17, 15) is 14.4 Å². The van der Waals surface area contributed by atoms with Gasteiger partial charge in [0.15, 0.2) is 0 Å². The van der Waals surface area contributed by atoms with E-state index in [0.29, 0.717) is 0 Å². The first-order valence-corrected chi connectivity index (χ1v) is 5.41. The number of esters is 3. The van der Waals surface area contributed by atoms with E-state index in [0.717, 1.165) is 6.08 Å². The molecule has 1 rings (SSSR count). The Kier molecular flexibility index (Phi) is 4.76. The number of ether oxygens (including phenoxy) is 2. The zero-order chi connectivity index (χ0) is 12.1. The fraction of sp³-hybridized carbons (Fsp3) is 0.444. The Morgan fingerprint density at radius 1 is 1.38 bits per heavy atom. The van der Waals surface area contributed by atoms with Crippen molar-refractivity contribution in [1.29, 1.82) is 0 Å². The number of alkyl halides is 2. The second-order valence-electron chi connectivity index (χ2n) is 2.98. The lowest BCUT2D eigenvalue weighted by Crippen LogP contribution is -2.22. The number of halogens is 2. The molecular weight excluding hydrogens is 259 g/mol. The molecule has 0 aromatic carbocycles. The predicted molar refractivity (Wildman–Crippen MR) is 55.1 cm³/mol. The van der Waals surface area contributed by atoms with Crippen LogP contribution >= 0.6 is 23.2 Å². The Morgan fingerprint density at radius 3 is 2.44 bits per heavy atom. The smallest absolute Gasteiger partial charge is 0.342 e. The van der Waals surface area contributed by atoms with Gasteiger partial charge in [0, 0.05) is 6.08 Å². The first-order chi connectivity index (χ1) is 7.56. The summed E-state index contributed by atoms with van der Waals surface area (Å²) in [7, 11) is 0. The van der Waals surface area contributed by atoms with Crippen LogP contribution in [0.25, 0.3) is 0 Å². The first kappa shape index (κ1) is 13.0. The van der Waals surface area contributed by atoms with Gasteiger partial charge in [-0.3, -0.25) is 4.79 Å². The lowest BCUT2D eigenvalue weighted by Gasteiger charge is -2.11. The maximum Gasteiger partial charge on any atom is 0.342 e. The minimum atomic E-state index is -0.824. The quantitative estimate of drug-likeness (QED) is 0.418. The molecule has 1 aliphatic rings. The van der Waals surface area contributed by atoms with Crippen molar-refractivity contribution >= 4 is 41.1 Å². The van der Waals surface area contributed by atoms with E-state index in [2.05, 4.69) is 4.74 Å². The summed E-state index contributed by atoms with van der Waals surface area (Å²) < 4.78 is 9.03. The van der Waals surface area contributed by atoms with Gasteiger partial charge >= 0.3 is 17.9 Å². The van der Waals surface area contributed by atoms with Gasteiger partial charge in [0.25, 0.3) is 0 Å². The molecule has 0 fully saturated rings. The van der Waals surface area contributed by atoms with Crippen LogP contribution < -0.4 is 0 Å². The molecule has 0 saturated heterocycles. The summed E-state index contributed by atoms with van der Waals surface area (Å²) in [5.74, 6) is -2.14. The van der Waals surface area contributed by atoms with Crippen LogP contribution in [0.4, 0.5) is 0 Å². The number of hydrogen-bond acceptors (Lipinski definition) is 5. The molecule has 0 spiro atoms. The molecule has 0 aromatic rings. The molecule has 1 aliphatic heterocycles. The number of cyclic esters (lactones) is 2. The van der Waals surface area contributed by atoms with E-state index in [1.807, 2.05) is 0 Å². The highest BCUT2D eigenvalue weighted by Crippen LogP contribution is 2.13. The van der Waals surface area contributed by atoms with Gasteiger partial charge in [-0.1, -0.05) is 0 Å². The molecule has 0 aromatic heterocycles. The maximum atomic E-state index is 11.3.